The average molecular weight is 269 g/mol. The van der Waals surface area contributed by atoms with Crippen molar-refractivity contribution in [2.45, 2.75) is 13.0 Å². The molecule has 3 N–H and O–H groups in total. The van der Waals surface area contributed by atoms with Crippen LogP contribution in [0.5, 0.6) is 5.75 Å². The molecule has 0 aliphatic heterocycles. The van der Waals surface area contributed by atoms with Crippen molar-refractivity contribution in [1.82, 2.24) is 0 Å². The third kappa shape index (κ3) is 3.75. The quantitative estimate of drug-likeness (QED) is 0.662. The SMILES string of the molecule is COc1ccc(C(C)N=C(N)Nc2ccccc2)cc1. The van der Waals surface area contributed by atoms with Crippen LogP contribution in [0.4, 0.5) is 5.69 Å². The van der Waals surface area contributed by atoms with Gasteiger partial charge in [0.25, 0.3) is 0 Å². The van der Waals surface area contributed by atoms with E-state index in [-0.39, 0.29) is 6.04 Å². The lowest BCUT2D eigenvalue weighted by Gasteiger charge is -2.11. The third-order valence-electron chi connectivity index (χ3n) is 2.98. The normalized spacial score (nSPS) is 12.8. The van der Waals surface area contributed by atoms with Gasteiger partial charge in [-0.25, -0.2) is 4.99 Å². The molecular weight excluding hydrogens is 250 g/mol. The van der Waals surface area contributed by atoms with Crippen molar-refractivity contribution < 1.29 is 4.74 Å². The van der Waals surface area contributed by atoms with E-state index in [0.29, 0.717) is 5.96 Å². The van der Waals surface area contributed by atoms with Crippen molar-refractivity contribution in [2.75, 3.05) is 12.4 Å². The molecule has 4 nitrogen and oxygen atoms in total. The van der Waals surface area contributed by atoms with E-state index in [1.807, 2.05) is 61.5 Å². The number of hydrogen-bond donors (Lipinski definition) is 2. The van der Waals surface area contributed by atoms with Gasteiger partial charge in [0, 0.05) is 5.69 Å². The Morgan fingerprint density at radius 1 is 1.10 bits per heavy atom. The van der Waals surface area contributed by atoms with Gasteiger partial charge in [0.05, 0.1) is 13.2 Å². The summed E-state index contributed by atoms with van der Waals surface area (Å²) in [6.45, 7) is 2.00. The molecule has 2 aromatic carbocycles. The number of nitrogens with one attached hydrogen (secondary N) is 1. The van der Waals surface area contributed by atoms with Gasteiger partial charge in [0.15, 0.2) is 5.96 Å². The van der Waals surface area contributed by atoms with E-state index < -0.39 is 0 Å². The van der Waals surface area contributed by atoms with Crippen LogP contribution < -0.4 is 15.8 Å². The number of ether oxygens (including phenoxy) is 1. The van der Waals surface area contributed by atoms with E-state index in [4.69, 9.17) is 10.5 Å². The number of anilines is 1. The summed E-state index contributed by atoms with van der Waals surface area (Å²) in [4.78, 5) is 4.44. The van der Waals surface area contributed by atoms with Crippen LogP contribution in [0.3, 0.4) is 0 Å². The average Bonchev–Trinajstić information content (AvgIpc) is 2.48. The van der Waals surface area contributed by atoms with E-state index in [1.165, 1.54) is 0 Å². The summed E-state index contributed by atoms with van der Waals surface area (Å²) in [5.74, 6) is 1.24. The number of aliphatic imine (C=N–C) groups is 1. The minimum absolute atomic E-state index is 0.0166. The van der Waals surface area contributed by atoms with Crippen LogP contribution in [-0.2, 0) is 0 Å². The molecule has 4 heteroatoms. The predicted octanol–water partition coefficient (Wildman–Crippen LogP) is 3.18. The molecule has 20 heavy (non-hydrogen) atoms. The molecule has 2 aromatic rings. The fraction of sp³-hybridized carbons (Fsp3) is 0.188. The monoisotopic (exact) mass is 269 g/mol. The molecule has 0 spiro atoms. The molecular formula is C16H19N3O. The minimum Gasteiger partial charge on any atom is -0.497 e. The second kappa shape index (κ2) is 6.61. The largest absolute Gasteiger partial charge is 0.497 e. The summed E-state index contributed by atoms with van der Waals surface area (Å²) in [5.41, 5.74) is 7.93. The maximum Gasteiger partial charge on any atom is 0.193 e. The van der Waals surface area contributed by atoms with Gasteiger partial charge in [-0.15, -0.1) is 0 Å². The Hall–Kier alpha value is -2.49. The predicted molar refractivity (Wildman–Crippen MR) is 83.1 cm³/mol. The molecule has 0 aromatic heterocycles. The Kier molecular flexibility index (Phi) is 4.60. The topological polar surface area (TPSA) is 59.6 Å². The molecule has 2 rings (SSSR count). The molecule has 1 atom stereocenters. The first kappa shape index (κ1) is 13.9. The van der Waals surface area contributed by atoms with E-state index in [0.717, 1.165) is 17.0 Å². The Labute approximate surface area is 119 Å². The zero-order valence-electron chi connectivity index (χ0n) is 11.7. The first-order valence-electron chi connectivity index (χ1n) is 6.48. The van der Waals surface area contributed by atoms with Crippen LogP contribution in [0.2, 0.25) is 0 Å². The molecule has 0 saturated carbocycles. The van der Waals surface area contributed by atoms with Crippen molar-refractivity contribution in [1.29, 1.82) is 0 Å². The fourth-order valence-electron chi connectivity index (χ4n) is 1.87. The number of nitrogens with zero attached hydrogens (tertiary/aromatic N) is 1. The lowest BCUT2D eigenvalue weighted by atomic mass is 10.1. The van der Waals surface area contributed by atoms with E-state index in [2.05, 4.69) is 10.3 Å². The lowest BCUT2D eigenvalue weighted by Crippen LogP contribution is -2.23. The molecule has 0 amide bonds. The van der Waals surface area contributed by atoms with Crippen LogP contribution in [0.1, 0.15) is 18.5 Å². The molecule has 0 saturated heterocycles. The van der Waals surface area contributed by atoms with Gasteiger partial charge < -0.3 is 15.8 Å². The van der Waals surface area contributed by atoms with Gasteiger partial charge in [-0.05, 0) is 36.8 Å². The van der Waals surface area contributed by atoms with E-state index in [1.54, 1.807) is 7.11 Å². The molecule has 0 radical (unpaired) electrons. The smallest absolute Gasteiger partial charge is 0.193 e. The van der Waals surface area contributed by atoms with E-state index in [9.17, 15) is 0 Å². The van der Waals surface area contributed by atoms with Gasteiger partial charge in [0.1, 0.15) is 5.75 Å². The maximum absolute atomic E-state index is 5.91. The zero-order chi connectivity index (χ0) is 14.4. The summed E-state index contributed by atoms with van der Waals surface area (Å²) in [6.07, 6.45) is 0. The molecule has 0 bridgehead atoms. The minimum atomic E-state index is -0.0166. The number of rotatable bonds is 4. The highest BCUT2D eigenvalue weighted by Crippen LogP contribution is 2.20. The van der Waals surface area contributed by atoms with Crippen LogP contribution in [0.25, 0.3) is 0 Å². The molecule has 1 unspecified atom stereocenters. The fourth-order valence-corrected chi connectivity index (χ4v) is 1.87. The van der Waals surface area contributed by atoms with Gasteiger partial charge in [0.2, 0.25) is 0 Å². The summed E-state index contributed by atoms with van der Waals surface area (Å²) in [5, 5.41) is 3.07. The highest BCUT2D eigenvalue weighted by atomic mass is 16.5. The maximum atomic E-state index is 5.91. The number of hydrogen-bond acceptors (Lipinski definition) is 2. The van der Waals surface area contributed by atoms with Gasteiger partial charge in [-0.3, -0.25) is 0 Å². The number of nitrogens with two attached hydrogens (primary N) is 1. The lowest BCUT2D eigenvalue weighted by molar-refractivity contribution is 0.414. The molecule has 0 fully saturated rings. The van der Waals surface area contributed by atoms with Gasteiger partial charge in [-0.2, -0.15) is 0 Å². The number of guanidine groups is 1. The highest BCUT2D eigenvalue weighted by molar-refractivity contribution is 5.92. The summed E-state index contributed by atoms with van der Waals surface area (Å²) >= 11 is 0. The number of para-hydroxylation sites is 1. The Morgan fingerprint density at radius 3 is 2.35 bits per heavy atom. The van der Waals surface area contributed by atoms with Crippen molar-refractivity contribution in [3.63, 3.8) is 0 Å². The first-order valence-corrected chi connectivity index (χ1v) is 6.48. The third-order valence-corrected chi connectivity index (χ3v) is 2.98. The Balaban J connectivity index is 2.04. The second-order valence-corrected chi connectivity index (χ2v) is 4.45. The van der Waals surface area contributed by atoms with Crippen LogP contribution in [0.15, 0.2) is 59.6 Å². The zero-order valence-corrected chi connectivity index (χ0v) is 11.7. The molecule has 0 heterocycles. The number of benzene rings is 2. The second-order valence-electron chi connectivity index (χ2n) is 4.45. The number of methoxy groups -OCH3 is 1. The van der Waals surface area contributed by atoms with Crippen molar-refractivity contribution in [2.24, 2.45) is 10.7 Å². The highest BCUT2D eigenvalue weighted by Gasteiger charge is 2.05. The van der Waals surface area contributed by atoms with Gasteiger partial charge >= 0.3 is 0 Å². The van der Waals surface area contributed by atoms with Crippen molar-refractivity contribution >= 4 is 11.6 Å². The Bertz CT molecular complexity index is 564. The summed E-state index contributed by atoms with van der Waals surface area (Å²) in [7, 11) is 1.65. The first-order chi connectivity index (χ1) is 9.69. The summed E-state index contributed by atoms with van der Waals surface area (Å²) in [6, 6.07) is 17.5. The summed E-state index contributed by atoms with van der Waals surface area (Å²) < 4.78 is 5.14. The van der Waals surface area contributed by atoms with Gasteiger partial charge in [-0.1, -0.05) is 30.3 Å². The van der Waals surface area contributed by atoms with Crippen LogP contribution >= 0.6 is 0 Å². The van der Waals surface area contributed by atoms with Crippen LogP contribution in [-0.4, -0.2) is 13.1 Å². The Morgan fingerprint density at radius 2 is 1.75 bits per heavy atom. The van der Waals surface area contributed by atoms with Crippen molar-refractivity contribution in [3.05, 3.63) is 60.2 Å². The van der Waals surface area contributed by atoms with Crippen molar-refractivity contribution in [3.8, 4) is 5.75 Å². The molecule has 0 aliphatic carbocycles. The van der Waals surface area contributed by atoms with Crippen LogP contribution in [0, 0.1) is 0 Å². The van der Waals surface area contributed by atoms with E-state index >= 15 is 0 Å². The molecule has 104 valence electrons. The molecule has 0 aliphatic rings. The standard InChI is InChI=1S/C16H19N3O/c1-12(13-8-10-15(20-2)11-9-13)18-16(17)19-14-6-4-3-5-7-14/h3-12H,1-2H3,(H3,17,18,19).